The fourth-order valence-electron chi connectivity index (χ4n) is 5.05. The molecule has 0 bridgehead atoms. The van der Waals surface area contributed by atoms with Gasteiger partial charge in [-0.3, -0.25) is 21.7 Å². The van der Waals surface area contributed by atoms with Crippen molar-refractivity contribution in [3.05, 3.63) is 119 Å². The number of halogens is 4. The van der Waals surface area contributed by atoms with E-state index in [9.17, 15) is 27.2 Å². The SMILES string of the molecule is CC1(C)CCN(CCc2ccc(F)[c-]c2F)C1=O.CC1(C)CCN(CCc2ccc(F)[c-]c2F)C1=O.[C-]1=CC=CC1.[C-]1=CC=CC1.[Ti+4]. The second-order valence-corrected chi connectivity index (χ2v) is 12.6. The van der Waals surface area contributed by atoms with Gasteiger partial charge in [0, 0.05) is 60.3 Å². The number of allylic oxidation sites excluding steroid dienone is 8. The van der Waals surface area contributed by atoms with Crippen molar-refractivity contribution in [1.29, 1.82) is 0 Å². The van der Waals surface area contributed by atoms with Crippen LogP contribution in [0.15, 0.2) is 60.7 Å². The van der Waals surface area contributed by atoms with Gasteiger partial charge in [0.1, 0.15) is 0 Å². The number of benzene rings is 2. The Morgan fingerprint density at radius 2 is 1.04 bits per heavy atom. The summed E-state index contributed by atoms with van der Waals surface area (Å²) in [5, 5.41) is 0. The van der Waals surface area contributed by atoms with E-state index in [1.807, 2.05) is 64.1 Å². The number of rotatable bonds is 6. The standard InChI is InChI=1S/2C14H16F2NO.2C5H5.Ti/c2*1-14(2)6-8-17(13(14)18)7-5-10-3-4-11(15)9-12(10)16;2*1-2-4-5-3-1;/h2*3-4H,5-8H2,1-2H3;2*1-3H,4H2;/q4*-1;+4. The van der Waals surface area contributed by atoms with Crippen molar-refractivity contribution in [2.75, 3.05) is 26.2 Å². The van der Waals surface area contributed by atoms with E-state index in [1.54, 1.807) is 9.80 Å². The van der Waals surface area contributed by atoms with E-state index in [1.165, 1.54) is 24.3 Å². The van der Waals surface area contributed by atoms with Crippen LogP contribution >= 0.6 is 0 Å². The number of carbonyl (C=O) groups is 2. The molecule has 2 amide bonds. The van der Waals surface area contributed by atoms with Crippen molar-refractivity contribution >= 4 is 11.8 Å². The number of hydrogen-bond acceptors (Lipinski definition) is 2. The molecular weight excluding hydrogens is 640 g/mol. The van der Waals surface area contributed by atoms with Gasteiger partial charge in [0.05, 0.1) is 0 Å². The topological polar surface area (TPSA) is 40.6 Å². The van der Waals surface area contributed by atoms with Crippen molar-refractivity contribution in [3.63, 3.8) is 0 Å². The van der Waals surface area contributed by atoms with Crippen LogP contribution in [-0.4, -0.2) is 47.8 Å². The molecule has 0 N–H and O–H groups in total. The number of hydrogen-bond donors (Lipinski definition) is 0. The van der Waals surface area contributed by atoms with Crippen molar-refractivity contribution in [2.24, 2.45) is 10.8 Å². The molecule has 2 aliphatic carbocycles. The Morgan fingerprint density at radius 3 is 1.28 bits per heavy atom. The summed E-state index contributed by atoms with van der Waals surface area (Å²) in [6.45, 7) is 10.0. The first-order valence-corrected chi connectivity index (χ1v) is 15.5. The van der Waals surface area contributed by atoms with Gasteiger partial charge in [-0.2, -0.15) is 24.3 Å². The zero-order valence-corrected chi connectivity index (χ0v) is 29.1. The summed E-state index contributed by atoms with van der Waals surface area (Å²) < 4.78 is 52.1. The molecule has 2 fully saturated rings. The van der Waals surface area contributed by atoms with E-state index in [-0.39, 0.29) is 44.4 Å². The molecule has 2 saturated heterocycles. The molecule has 0 spiro atoms. The summed E-state index contributed by atoms with van der Waals surface area (Å²) in [5.41, 5.74) is 0.170. The Bertz CT molecular complexity index is 1340. The molecular formula is C38H42F4N2O2Ti. The quantitative estimate of drug-likeness (QED) is 0.178. The minimum absolute atomic E-state index is 0. The predicted molar refractivity (Wildman–Crippen MR) is 171 cm³/mol. The summed E-state index contributed by atoms with van der Waals surface area (Å²) in [5.74, 6) is -2.52. The van der Waals surface area contributed by atoms with Crippen LogP contribution in [0.1, 0.15) is 64.5 Å². The predicted octanol–water partition coefficient (Wildman–Crippen LogP) is 7.74. The maximum absolute atomic E-state index is 13.4. The van der Waals surface area contributed by atoms with Crippen LogP contribution in [0.2, 0.25) is 0 Å². The largest absolute Gasteiger partial charge is 4.00 e. The minimum Gasteiger partial charge on any atom is -0.343 e. The summed E-state index contributed by atoms with van der Waals surface area (Å²) in [7, 11) is 0. The molecule has 248 valence electrons. The van der Waals surface area contributed by atoms with Crippen molar-refractivity contribution in [3.8, 4) is 0 Å². The third kappa shape index (κ3) is 12.7. The van der Waals surface area contributed by atoms with Crippen LogP contribution in [-0.2, 0) is 44.1 Å². The van der Waals surface area contributed by atoms with Crippen LogP contribution in [0.3, 0.4) is 0 Å². The summed E-state index contributed by atoms with van der Waals surface area (Å²) in [6, 6.07) is 9.21. The van der Waals surface area contributed by atoms with Crippen molar-refractivity contribution in [2.45, 2.75) is 66.2 Å². The first kappa shape index (κ1) is 40.0. The van der Waals surface area contributed by atoms with Gasteiger partial charge >= 0.3 is 21.7 Å². The maximum Gasteiger partial charge on any atom is 4.00 e. The summed E-state index contributed by atoms with van der Waals surface area (Å²) in [6.07, 6.45) is 22.4. The van der Waals surface area contributed by atoms with Gasteiger partial charge in [0.25, 0.3) is 0 Å². The fraction of sp³-hybridized carbons (Fsp3) is 0.421. The molecule has 0 aromatic heterocycles. The van der Waals surface area contributed by atoms with Gasteiger partial charge in [-0.15, -0.1) is 48.2 Å². The molecule has 9 heteroatoms. The Kier molecular flexibility index (Phi) is 16.1. The molecule has 0 saturated carbocycles. The molecule has 4 aliphatic rings. The van der Waals surface area contributed by atoms with Gasteiger partial charge < -0.3 is 9.80 Å². The molecule has 2 aromatic rings. The van der Waals surface area contributed by atoms with E-state index in [2.05, 4.69) is 24.3 Å². The van der Waals surface area contributed by atoms with E-state index in [4.69, 9.17) is 0 Å². The second kappa shape index (κ2) is 18.9. The van der Waals surface area contributed by atoms with E-state index < -0.39 is 23.3 Å². The molecule has 47 heavy (non-hydrogen) atoms. The van der Waals surface area contributed by atoms with Crippen molar-refractivity contribution < 1.29 is 48.9 Å². The van der Waals surface area contributed by atoms with Crippen LogP contribution < -0.4 is 0 Å². The van der Waals surface area contributed by atoms with Crippen LogP contribution in [0.5, 0.6) is 0 Å². The average molecular weight is 683 g/mol. The third-order valence-electron chi connectivity index (χ3n) is 8.10. The zero-order chi connectivity index (χ0) is 33.7. The smallest absolute Gasteiger partial charge is 0.343 e. The van der Waals surface area contributed by atoms with Crippen molar-refractivity contribution in [1.82, 2.24) is 9.80 Å². The van der Waals surface area contributed by atoms with Gasteiger partial charge in [0.2, 0.25) is 11.8 Å². The molecule has 2 aliphatic heterocycles. The molecule has 2 aromatic carbocycles. The third-order valence-corrected chi connectivity index (χ3v) is 8.10. The van der Waals surface area contributed by atoms with Gasteiger partial charge in [-0.05, 0) is 12.8 Å². The number of likely N-dealkylation sites (tertiary alicyclic amines) is 2. The second-order valence-electron chi connectivity index (χ2n) is 12.6. The minimum atomic E-state index is -0.699. The van der Waals surface area contributed by atoms with E-state index >= 15 is 0 Å². The van der Waals surface area contributed by atoms with Crippen LogP contribution in [0, 0.1) is 58.4 Å². The summed E-state index contributed by atoms with van der Waals surface area (Å²) in [4.78, 5) is 27.4. The molecule has 0 unspecified atom stereocenters. The zero-order valence-electron chi connectivity index (χ0n) is 27.6. The monoisotopic (exact) mass is 682 g/mol. The number of nitrogens with zero attached hydrogens (tertiary/aromatic N) is 2. The number of amides is 2. The normalized spacial score (nSPS) is 17.9. The Balaban J connectivity index is 0.000000248. The van der Waals surface area contributed by atoms with Gasteiger partial charge in [-0.25, -0.2) is 41.9 Å². The molecule has 0 atom stereocenters. The molecule has 4 nitrogen and oxygen atoms in total. The Hall–Kier alpha value is -3.23. The maximum atomic E-state index is 13.4. The van der Waals surface area contributed by atoms with Gasteiger partial charge in [-0.1, -0.05) is 40.5 Å². The Morgan fingerprint density at radius 1 is 0.660 bits per heavy atom. The first-order chi connectivity index (χ1) is 21.8. The van der Waals surface area contributed by atoms with Crippen LogP contribution in [0.25, 0.3) is 0 Å². The first-order valence-electron chi connectivity index (χ1n) is 15.5. The van der Waals surface area contributed by atoms with E-state index in [0.717, 1.165) is 25.7 Å². The van der Waals surface area contributed by atoms with Crippen LogP contribution in [0.4, 0.5) is 17.6 Å². The average Bonchev–Trinajstić information content (AvgIpc) is 3.84. The molecule has 0 radical (unpaired) electrons. The Labute approximate surface area is 292 Å². The molecule has 6 rings (SSSR count). The molecule has 2 heterocycles. The van der Waals surface area contributed by atoms with E-state index in [0.29, 0.717) is 50.1 Å². The number of carbonyl (C=O) groups excluding carboxylic acids is 2. The van der Waals surface area contributed by atoms with Gasteiger partial charge in [0.15, 0.2) is 0 Å². The fourth-order valence-corrected chi connectivity index (χ4v) is 5.05. The summed E-state index contributed by atoms with van der Waals surface area (Å²) >= 11 is 0.